The van der Waals surface area contributed by atoms with E-state index in [0.29, 0.717) is 5.13 Å². The Labute approximate surface area is 126 Å². The zero-order valence-electron chi connectivity index (χ0n) is 11.6. The van der Waals surface area contributed by atoms with Crippen LogP contribution in [0.2, 0.25) is 0 Å². The highest BCUT2D eigenvalue weighted by Crippen LogP contribution is 2.37. The Bertz CT molecular complexity index is 534. The van der Waals surface area contributed by atoms with Crippen LogP contribution in [0, 0.1) is 11.8 Å². The highest BCUT2D eigenvalue weighted by Gasteiger charge is 2.47. The number of fused-ring (bicyclic) bond motifs is 1. The van der Waals surface area contributed by atoms with Gasteiger partial charge in [-0.2, -0.15) is 0 Å². The number of rotatable bonds is 4. The topological polar surface area (TPSA) is 79.4 Å². The summed E-state index contributed by atoms with van der Waals surface area (Å²) in [6.45, 7) is 0.169. The van der Waals surface area contributed by atoms with E-state index in [9.17, 15) is 14.4 Å². The molecule has 0 spiro atoms. The summed E-state index contributed by atoms with van der Waals surface area (Å²) in [4.78, 5) is 41.5. The molecule has 0 radical (unpaired) electrons. The predicted molar refractivity (Wildman–Crippen MR) is 77.5 cm³/mol. The summed E-state index contributed by atoms with van der Waals surface area (Å²) in [6, 6.07) is 0. The van der Waals surface area contributed by atoms with Crippen molar-refractivity contribution in [1.29, 1.82) is 0 Å². The lowest BCUT2D eigenvalue weighted by atomic mass is 9.81. The van der Waals surface area contributed by atoms with Gasteiger partial charge in [0.15, 0.2) is 5.13 Å². The molecule has 2 aliphatic rings. The lowest BCUT2D eigenvalue weighted by Crippen LogP contribution is -2.34. The van der Waals surface area contributed by atoms with E-state index in [1.165, 1.54) is 16.2 Å². The van der Waals surface area contributed by atoms with Gasteiger partial charge in [-0.05, 0) is 12.8 Å². The molecular formula is C14H17N3O3S. The molecule has 1 N–H and O–H groups in total. The van der Waals surface area contributed by atoms with E-state index < -0.39 is 0 Å². The fraction of sp³-hybridized carbons (Fsp3) is 0.571. The van der Waals surface area contributed by atoms with Crippen molar-refractivity contribution in [1.82, 2.24) is 9.88 Å². The summed E-state index contributed by atoms with van der Waals surface area (Å²) in [7, 11) is 0. The molecule has 1 aromatic heterocycles. The first kappa shape index (κ1) is 14.2. The van der Waals surface area contributed by atoms with Crippen molar-refractivity contribution in [3.8, 4) is 0 Å². The van der Waals surface area contributed by atoms with Crippen molar-refractivity contribution in [2.75, 3.05) is 11.9 Å². The van der Waals surface area contributed by atoms with Crippen LogP contribution >= 0.6 is 11.3 Å². The number of amides is 3. The van der Waals surface area contributed by atoms with E-state index >= 15 is 0 Å². The number of nitrogens with one attached hydrogen (secondary N) is 1. The quantitative estimate of drug-likeness (QED) is 0.858. The zero-order chi connectivity index (χ0) is 14.8. The van der Waals surface area contributed by atoms with E-state index in [1.54, 1.807) is 11.6 Å². The number of hydrogen-bond donors (Lipinski definition) is 1. The molecular weight excluding hydrogens is 290 g/mol. The second-order valence-electron chi connectivity index (χ2n) is 5.46. The highest BCUT2D eigenvalue weighted by molar-refractivity contribution is 7.13. The maximum absolute atomic E-state index is 12.2. The summed E-state index contributed by atoms with van der Waals surface area (Å²) >= 11 is 1.34. The van der Waals surface area contributed by atoms with Gasteiger partial charge in [0.1, 0.15) is 0 Å². The number of anilines is 1. The van der Waals surface area contributed by atoms with Gasteiger partial charge in [-0.15, -0.1) is 11.3 Å². The van der Waals surface area contributed by atoms with E-state index in [4.69, 9.17) is 0 Å². The molecule has 0 bridgehead atoms. The first-order valence-electron chi connectivity index (χ1n) is 7.21. The minimum atomic E-state index is -0.222. The number of thiazole rings is 1. The fourth-order valence-electron chi connectivity index (χ4n) is 3.13. The predicted octanol–water partition coefficient (Wildman–Crippen LogP) is 1.65. The minimum Gasteiger partial charge on any atom is -0.302 e. The molecule has 1 saturated carbocycles. The van der Waals surface area contributed by atoms with Gasteiger partial charge in [0, 0.05) is 24.5 Å². The van der Waals surface area contributed by atoms with Crippen molar-refractivity contribution in [3.05, 3.63) is 11.6 Å². The van der Waals surface area contributed by atoms with Crippen LogP contribution < -0.4 is 5.32 Å². The minimum absolute atomic E-state index is 0.0910. The molecule has 112 valence electrons. The molecule has 6 nitrogen and oxygen atoms in total. The van der Waals surface area contributed by atoms with Gasteiger partial charge in [0.05, 0.1) is 11.8 Å². The summed E-state index contributed by atoms with van der Waals surface area (Å²) in [5.74, 6) is -0.694. The molecule has 21 heavy (non-hydrogen) atoms. The average Bonchev–Trinajstić information content (AvgIpc) is 3.07. The largest absolute Gasteiger partial charge is 0.302 e. The van der Waals surface area contributed by atoms with E-state index in [2.05, 4.69) is 10.3 Å². The van der Waals surface area contributed by atoms with Crippen LogP contribution in [-0.2, 0) is 14.4 Å². The Morgan fingerprint density at radius 1 is 1.29 bits per heavy atom. The molecule has 3 amide bonds. The van der Waals surface area contributed by atoms with Crippen LogP contribution in [0.15, 0.2) is 11.6 Å². The van der Waals surface area contributed by atoms with Gasteiger partial charge < -0.3 is 5.32 Å². The number of carbonyl (C=O) groups excluding carboxylic acids is 3. The lowest BCUT2D eigenvalue weighted by Gasteiger charge is -2.19. The summed E-state index contributed by atoms with van der Waals surface area (Å²) in [5.41, 5.74) is 0. The number of imide groups is 1. The Morgan fingerprint density at radius 3 is 2.52 bits per heavy atom. The highest BCUT2D eigenvalue weighted by atomic mass is 32.1. The van der Waals surface area contributed by atoms with Crippen molar-refractivity contribution >= 4 is 34.2 Å². The molecule has 2 atom stereocenters. The maximum atomic E-state index is 12.2. The Kier molecular flexibility index (Phi) is 4.01. The van der Waals surface area contributed by atoms with Crippen LogP contribution in [0.4, 0.5) is 5.13 Å². The number of nitrogens with zero attached hydrogens (tertiary/aromatic N) is 2. The van der Waals surface area contributed by atoms with Crippen LogP contribution in [0.25, 0.3) is 0 Å². The molecule has 1 saturated heterocycles. The summed E-state index contributed by atoms with van der Waals surface area (Å²) in [6.07, 6.45) is 5.36. The Balaban J connectivity index is 1.56. The zero-order valence-corrected chi connectivity index (χ0v) is 12.4. The van der Waals surface area contributed by atoms with Crippen molar-refractivity contribution < 1.29 is 14.4 Å². The van der Waals surface area contributed by atoms with Crippen molar-refractivity contribution in [2.45, 2.75) is 32.1 Å². The van der Waals surface area contributed by atoms with E-state index in [-0.39, 0.29) is 42.5 Å². The SMILES string of the molecule is O=C(CCN1C(=O)[C@H]2CCCC[C@@H]2C1=O)Nc1nccs1. The fourth-order valence-corrected chi connectivity index (χ4v) is 3.68. The molecule has 0 aromatic carbocycles. The van der Waals surface area contributed by atoms with Crippen molar-refractivity contribution in [2.24, 2.45) is 11.8 Å². The summed E-state index contributed by atoms with van der Waals surface area (Å²) in [5, 5.41) is 4.96. The Morgan fingerprint density at radius 2 is 1.95 bits per heavy atom. The third-order valence-corrected chi connectivity index (χ3v) is 4.86. The number of aromatic nitrogens is 1. The molecule has 1 aliphatic heterocycles. The number of likely N-dealkylation sites (tertiary alicyclic amines) is 1. The van der Waals surface area contributed by atoms with Gasteiger partial charge in [0.2, 0.25) is 17.7 Å². The van der Waals surface area contributed by atoms with E-state index in [1.807, 2.05) is 0 Å². The number of carbonyl (C=O) groups is 3. The monoisotopic (exact) mass is 307 g/mol. The molecule has 0 unspecified atom stereocenters. The second-order valence-corrected chi connectivity index (χ2v) is 6.36. The normalized spacial score (nSPS) is 25.0. The van der Waals surface area contributed by atoms with Crippen LogP contribution in [-0.4, -0.2) is 34.2 Å². The van der Waals surface area contributed by atoms with Crippen molar-refractivity contribution in [3.63, 3.8) is 0 Å². The molecule has 7 heteroatoms. The molecule has 2 heterocycles. The van der Waals surface area contributed by atoms with Gasteiger partial charge in [0.25, 0.3) is 0 Å². The maximum Gasteiger partial charge on any atom is 0.233 e. The Hall–Kier alpha value is -1.76. The van der Waals surface area contributed by atoms with Crippen LogP contribution in [0.3, 0.4) is 0 Å². The van der Waals surface area contributed by atoms with E-state index in [0.717, 1.165) is 25.7 Å². The third-order valence-electron chi connectivity index (χ3n) is 4.17. The van der Waals surface area contributed by atoms with Crippen LogP contribution in [0.5, 0.6) is 0 Å². The standard InChI is InChI=1S/C14H17N3O3S/c18-11(16-14-15-6-8-21-14)5-7-17-12(19)9-3-1-2-4-10(9)13(17)20/h6,8-10H,1-5,7H2,(H,15,16,18)/t9-,10-/m0/s1. The molecule has 2 fully saturated rings. The van der Waals surface area contributed by atoms with Crippen LogP contribution in [0.1, 0.15) is 32.1 Å². The smallest absolute Gasteiger partial charge is 0.233 e. The second kappa shape index (κ2) is 5.93. The lowest BCUT2D eigenvalue weighted by molar-refractivity contribution is -0.140. The molecule has 3 rings (SSSR count). The average molecular weight is 307 g/mol. The van der Waals surface area contributed by atoms with Gasteiger partial charge in [-0.3, -0.25) is 19.3 Å². The third kappa shape index (κ3) is 2.83. The molecule has 1 aromatic rings. The first-order chi connectivity index (χ1) is 10.2. The van der Waals surface area contributed by atoms with Gasteiger partial charge in [-0.25, -0.2) is 4.98 Å². The first-order valence-corrected chi connectivity index (χ1v) is 8.09. The summed E-state index contributed by atoms with van der Waals surface area (Å²) < 4.78 is 0. The molecule has 1 aliphatic carbocycles. The number of hydrogen-bond acceptors (Lipinski definition) is 5. The van der Waals surface area contributed by atoms with Gasteiger partial charge >= 0.3 is 0 Å². The van der Waals surface area contributed by atoms with Gasteiger partial charge in [-0.1, -0.05) is 12.8 Å².